The van der Waals surface area contributed by atoms with Gasteiger partial charge in [0.15, 0.2) is 6.10 Å². The van der Waals surface area contributed by atoms with Gasteiger partial charge in [-0.3, -0.25) is 9.59 Å². The molecule has 0 aromatic carbocycles. The molecule has 0 aliphatic rings. The quantitative estimate of drug-likeness (QED) is 0.0197. The van der Waals surface area contributed by atoms with Crippen molar-refractivity contribution in [2.24, 2.45) is 0 Å². The lowest BCUT2D eigenvalue weighted by atomic mass is 10.0. The van der Waals surface area contributed by atoms with Crippen molar-refractivity contribution in [2.45, 2.75) is 225 Å². The van der Waals surface area contributed by atoms with E-state index in [0.717, 1.165) is 64.2 Å². The van der Waals surface area contributed by atoms with Crippen molar-refractivity contribution in [3.05, 3.63) is 72.9 Å². The van der Waals surface area contributed by atoms with Crippen molar-refractivity contribution in [1.82, 2.24) is 0 Å². The lowest BCUT2D eigenvalue weighted by Crippen LogP contribution is -2.55. The van der Waals surface area contributed by atoms with E-state index in [4.69, 9.17) is 14.2 Å². The van der Waals surface area contributed by atoms with Gasteiger partial charge in [0.1, 0.15) is 12.6 Å². The van der Waals surface area contributed by atoms with E-state index in [1.807, 2.05) is 36.5 Å². The zero-order valence-corrected chi connectivity index (χ0v) is 41.9. The monoisotopic (exact) mass is 896 g/mol. The molecule has 0 N–H and O–H groups in total. The molecule has 368 valence electrons. The van der Waals surface area contributed by atoms with Crippen LogP contribution in [0.5, 0.6) is 0 Å². The van der Waals surface area contributed by atoms with Gasteiger partial charge >= 0.3 is 11.9 Å². The molecule has 0 fully saturated rings. The van der Waals surface area contributed by atoms with E-state index in [0.29, 0.717) is 6.42 Å². The fraction of sp³-hybridized carbons (Fsp3) is 0.732. The Morgan fingerprint density at radius 1 is 0.469 bits per heavy atom. The number of ether oxygens (including phenoxy) is 3. The summed E-state index contributed by atoms with van der Waals surface area (Å²) in [5.41, 5.74) is 0. The Morgan fingerprint density at radius 3 is 1.33 bits per heavy atom. The molecule has 0 heterocycles. The molecule has 0 aromatic rings. The van der Waals surface area contributed by atoms with Crippen LogP contribution in [0.4, 0.5) is 0 Å². The van der Waals surface area contributed by atoms with E-state index < -0.39 is 18.1 Å². The van der Waals surface area contributed by atoms with E-state index >= 15 is 0 Å². The number of aliphatic carboxylic acids is 1. The number of carbonyl (C=O) groups excluding carboxylic acids is 3. The lowest BCUT2D eigenvalue weighted by molar-refractivity contribution is -0.889. The molecule has 0 rings (SSSR count). The van der Waals surface area contributed by atoms with Gasteiger partial charge in [0.2, 0.25) is 0 Å². The van der Waals surface area contributed by atoms with Gasteiger partial charge in [-0.2, -0.15) is 0 Å². The maximum absolute atomic E-state index is 12.8. The van der Waals surface area contributed by atoms with Crippen LogP contribution in [0, 0.1) is 0 Å². The van der Waals surface area contributed by atoms with Crippen LogP contribution in [0.25, 0.3) is 0 Å². The van der Waals surface area contributed by atoms with Crippen molar-refractivity contribution >= 4 is 17.9 Å². The van der Waals surface area contributed by atoms with Gasteiger partial charge in [0.25, 0.3) is 0 Å². The molecule has 2 atom stereocenters. The van der Waals surface area contributed by atoms with Crippen molar-refractivity contribution in [1.29, 1.82) is 0 Å². The zero-order chi connectivity index (χ0) is 47.0. The molecule has 0 aliphatic carbocycles. The average Bonchev–Trinajstić information content (AvgIpc) is 3.26. The van der Waals surface area contributed by atoms with Gasteiger partial charge in [0.05, 0.1) is 40.3 Å². The maximum Gasteiger partial charge on any atom is 0.306 e. The van der Waals surface area contributed by atoms with Gasteiger partial charge in [-0.05, 0) is 57.8 Å². The summed E-state index contributed by atoms with van der Waals surface area (Å²) in [5.74, 6) is -1.77. The maximum atomic E-state index is 12.8. The molecule has 8 nitrogen and oxygen atoms in total. The van der Waals surface area contributed by atoms with Gasteiger partial charge in [-0.1, -0.05) is 209 Å². The molecule has 8 heteroatoms. The van der Waals surface area contributed by atoms with Crippen LogP contribution in [-0.4, -0.2) is 75.5 Å². The number of esters is 2. The topological polar surface area (TPSA) is 102 Å². The van der Waals surface area contributed by atoms with Crippen LogP contribution in [0.3, 0.4) is 0 Å². The standard InChI is InChI=1S/C56H97NO7/c1-6-8-10-12-14-16-18-20-22-24-26-27-28-29-31-32-34-36-38-40-42-44-46-54(58)63-51-52(50-62-49-48-53(56(60)61)57(3,4)5)64-55(59)47-45-43-41-39-37-35-33-30-25-23-21-19-17-15-13-11-9-7-2/h11,13,15,17,19,21,23,25,28-30,33,52-53H,6-10,12,14,16,18,20,22,24,26-27,31-32,34-51H2,1-5H3/b13-11+,17-15+,21-19+,25-23+,29-28+,33-30+. The van der Waals surface area contributed by atoms with Crippen LogP contribution in [0.15, 0.2) is 72.9 Å². The molecule has 0 aromatic heterocycles. The summed E-state index contributed by atoms with van der Waals surface area (Å²) >= 11 is 0. The molecule has 64 heavy (non-hydrogen) atoms. The second-order valence-corrected chi connectivity index (χ2v) is 18.5. The predicted molar refractivity (Wildman–Crippen MR) is 268 cm³/mol. The number of allylic oxidation sites excluding steroid dienone is 12. The number of nitrogens with zero attached hydrogens (tertiary/aromatic N) is 1. The van der Waals surface area contributed by atoms with Crippen molar-refractivity contribution in [2.75, 3.05) is 41.0 Å². The van der Waals surface area contributed by atoms with Crippen LogP contribution >= 0.6 is 0 Å². The normalized spacial score (nSPS) is 13.5. The van der Waals surface area contributed by atoms with Gasteiger partial charge in [-0.15, -0.1) is 0 Å². The third kappa shape index (κ3) is 44.0. The summed E-state index contributed by atoms with van der Waals surface area (Å²) in [5, 5.41) is 11.7. The number of quaternary nitrogens is 1. The van der Waals surface area contributed by atoms with Gasteiger partial charge in [-0.25, -0.2) is 0 Å². The van der Waals surface area contributed by atoms with E-state index in [1.54, 1.807) is 21.1 Å². The molecular weight excluding hydrogens is 799 g/mol. The Morgan fingerprint density at radius 2 is 0.875 bits per heavy atom. The highest BCUT2D eigenvalue weighted by Gasteiger charge is 2.25. The zero-order valence-electron chi connectivity index (χ0n) is 41.9. The van der Waals surface area contributed by atoms with Gasteiger partial charge < -0.3 is 28.6 Å². The Labute approximate surface area is 393 Å². The first-order valence-corrected chi connectivity index (χ1v) is 26.0. The van der Waals surface area contributed by atoms with Crippen molar-refractivity contribution < 1.29 is 38.2 Å². The van der Waals surface area contributed by atoms with E-state index in [2.05, 4.69) is 50.3 Å². The first-order valence-electron chi connectivity index (χ1n) is 26.0. The molecule has 0 amide bonds. The molecule has 0 spiro atoms. The Kier molecular flexibility index (Phi) is 44.0. The number of hydrogen-bond donors (Lipinski definition) is 0. The number of carboxylic acids is 1. The number of carboxylic acid groups (broad SMARTS) is 1. The third-order valence-corrected chi connectivity index (χ3v) is 11.4. The first kappa shape index (κ1) is 60.8. The minimum absolute atomic E-state index is 0.0257. The number of carbonyl (C=O) groups is 3. The Hall–Kier alpha value is -3.23. The van der Waals surface area contributed by atoms with Crippen LogP contribution in [-0.2, 0) is 28.6 Å². The highest BCUT2D eigenvalue weighted by atomic mass is 16.6. The average molecular weight is 896 g/mol. The fourth-order valence-electron chi connectivity index (χ4n) is 7.39. The van der Waals surface area contributed by atoms with Gasteiger partial charge in [0, 0.05) is 19.3 Å². The molecule has 0 saturated carbocycles. The Bertz CT molecular complexity index is 1270. The fourth-order valence-corrected chi connectivity index (χ4v) is 7.39. The molecule has 0 bridgehead atoms. The largest absolute Gasteiger partial charge is 0.544 e. The van der Waals surface area contributed by atoms with Crippen LogP contribution in [0.2, 0.25) is 0 Å². The summed E-state index contributed by atoms with van der Waals surface area (Å²) < 4.78 is 17.2. The minimum atomic E-state index is -1.13. The summed E-state index contributed by atoms with van der Waals surface area (Å²) in [6, 6.07) is -0.736. The SMILES string of the molecule is CCC/C=C/C=C/C=C/C=C/C=C/CCCCCCCC(=O)OC(COCCC(C(=O)[O-])[N+](C)(C)C)COC(=O)CCCCCCCCC/C=C/CCCCCCCCCCCCC. The molecule has 0 radical (unpaired) electrons. The third-order valence-electron chi connectivity index (χ3n) is 11.4. The van der Waals surface area contributed by atoms with Crippen molar-refractivity contribution in [3.8, 4) is 0 Å². The summed E-state index contributed by atoms with van der Waals surface area (Å²) in [7, 11) is 5.40. The number of unbranched alkanes of at least 4 members (excludes halogenated alkanes) is 24. The molecule has 0 saturated heterocycles. The molecule has 2 unspecified atom stereocenters. The van der Waals surface area contributed by atoms with Crippen LogP contribution in [0.1, 0.15) is 213 Å². The molecular formula is C56H97NO7. The minimum Gasteiger partial charge on any atom is -0.544 e. The number of likely N-dealkylation sites (N-methyl/N-ethyl adjacent to an activating group) is 1. The van der Waals surface area contributed by atoms with E-state index in [1.165, 1.54) is 116 Å². The van der Waals surface area contributed by atoms with Crippen LogP contribution < -0.4 is 5.11 Å². The second-order valence-electron chi connectivity index (χ2n) is 18.5. The highest BCUT2D eigenvalue weighted by Crippen LogP contribution is 2.15. The predicted octanol–water partition coefficient (Wildman–Crippen LogP) is 13.8. The van der Waals surface area contributed by atoms with E-state index in [-0.39, 0.29) is 49.1 Å². The summed E-state index contributed by atoms with van der Waals surface area (Å²) in [4.78, 5) is 37.0. The van der Waals surface area contributed by atoms with Crippen molar-refractivity contribution in [3.63, 3.8) is 0 Å². The second kappa shape index (κ2) is 46.3. The lowest BCUT2D eigenvalue weighted by Gasteiger charge is -2.34. The first-order chi connectivity index (χ1) is 31.1. The smallest absolute Gasteiger partial charge is 0.306 e. The number of hydrogen-bond acceptors (Lipinski definition) is 7. The summed E-state index contributed by atoms with van der Waals surface area (Å²) in [6.07, 6.45) is 59.3. The highest BCUT2D eigenvalue weighted by molar-refractivity contribution is 5.70. The van der Waals surface area contributed by atoms with E-state index in [9.17, 15) is 19.5 Å². The molecule has 0 aliphatic heterocycles. The Balaban J connectivity index is 4.29. The number of rotatable bonds is 46. The summed E-state index contributed by atoms with van der Waals surface area (Å²) in [6.45, 7) is 4.56.